The van der Waals surface area contributed by atoms with Crippen molar-refractivity contribution in [3.05, 3.63) is 54.4 Å². The monoisotopic (exact) mass is 186 g/mol. The van der Waals surface area contributed by atoms with E-state index >= 15 is 0 Å². The molecule has 0 saturated carbocycles. The maximum atomic E-state index is 9.67. The number of phenols is 1. The van der Waals surface area contributed by atoms with Crippen molar-refractivity contribution >= 4 is 0 Å². The number of aromatic hydroxyl groups is 1. The minimum absolute atomic E-state index is 0.298. The number of aromatic nitrogens is 1. The van der Waals surface area contributed by atoms with Gasteiger partial charge >= 0.3 is 0 Å². The van der Waals surface area contributed by atoms with Crippen LogP contribution in [0.5, 0.6) is 5.75 Å². The predicted molar refractivity (Wildman–Crippen MR) is 54.4 cm³/mol. The molecule has 0 aliphatic carbocycles. The summed E-state index contributed by atoms with van der Waals surface area (Å²) >= 11 is 0. The molecule has 2 nitrogen and oxygen atoms in total. The first kappa shape index (κ1) is 8.75. The van der Waals surface area contributed by atoms with E-state index in [1.807, 2.05) is 54.1 Å². The molecule has 14 heavy (non-hydrogen) atoms. The van der Waals surface area contributed by atoms with Crippen LogP contribution in [-0.2, 0) is 0 Å². The summed E-state index contributed by atoms with van der Waals surface area (Å²) in [5.74, 6) is 0.298. The maximum Gasteiger partial charge on any atom is 0.252 e. The molecule has 70 valence electrons. The average molecular weight is 186 g/mol. The first-order valence-electron chi connectivity index (χ1n) is 4.55. The molecule has 0 spiro atoms. The Morgan fingerprint density at radius 2 is 1.71 bits per heavy atom. The van der Waals surface area contributed by atoms with Crippen molar-refractivity contribution in [2.75, 3.05) is 0 Å². The van der Waals surface area contributed by atoms with E-state index in [-0.39, 0.29) is 0 Å². The quantitative estimate of drug-likeness (QED) is 0.676. The first-order chi connectivity index (χ1) is 6.79. The van der Waals surface area contributed by atoms with Gasteiger partial charge in [0.25, 0.3) is 5.69 Å². The van der Waals surface area contributed by atoms with Gasteiger partial charge in [-0.05, 0) is 6.07 Å². The van der Waals surface area contributed by atoms with Crippen LogP contribution in [0.25, 0.3) is 5.69 Å². The van der Waals surface area contributed by atoms with E-state index in [0.29, 0.717) is 5.75 Å². The normalized spacial score (nSPS) is 10.1. The summed E-state index contributed by atoms with van der Waals surface area (Å²) < 4.78 is 1.95. The van der Waals surface area contributed by atoms with E-state index in [4.69, 9.17) is 0 Å². The summed E-state index contributed by atoms with van der Waals surface area (Å²) in [6, 6.07) is 13.2. The molecular weight excluding hydrogens is 174 g/mol. The second kappa shape index (κ2) is 3.50. The van der Waals surface area contributed by atoms with Gasteiger partial charge in [-0.15, -0.1) is 0 Å². The molecule has 1 heterocycles. The number of hydrogen-bond acceptors (Lipinski definition) is 1. The lowest BCUT2D eigenvalue weighted by atomic mass is 10.2. The van der Waals surface area contributed by atoms with Gasteiger partial charge in [-0.3, -0.25) is 0 Å². The second-order valence-corrected chi connectivity index (χ2v) is 3.20. The molecule has 0 atom stereocenters. The van der Waals surface area contributed by atoms with Gasteiger partial charge in [0, 0.05) is 25.1 Å². The summed E-state index contributed by atoms with van der Waals surface area (Å²) in [4.78, 5) is 0. The van der Waals surface area contributed by atoms with Crippen LogP contribution in [0.1, 0.15) is 5.69 Å². The van der Waals surface area contributed by atoms with Crippen molar-refractivity contribution in [1.82, 2.24) is 0 Å². The number of benzene rings is 1. The van der Waals surface area contributed by atoms with Crippen molar-refractivity contribution in [2.45, 2.75) is 6.92 Å². The van der Waals surface area contributed by atoms with Crippen molar-refractivity contribution < 1.29 is 9.67 Å². The summed E-state index contributed by atoms with van der Waals surface area (Å²) in [5, 5.41) is 9.67. The molecule has 0 aliphatic rings. The van der Waals surface area contributed by atoms with Gasteiger partial charge in [0.1, 0.15) is 0 Å². The van der Waals surface area contributed by atoms with Crippen LogP contribution in [0.15, 0.2) is 48.7 Å². The number of hydrogen-bond donors (Lipinski definition) is 1. The fourth-order valence-electron chi connectivity index (χ4n) is 1.47. The zero-order valence-corrected chi connectivity index (χ0v) is 8.01. The van der Waals surface area contributed by atoms with Crippen molar-refractivity contribution in [3.8, 4) is 11.4 Å². The van der Waals surface area contributed by atoms with E-state index < -0.39 is 0 Å². The fourth-order valence-corrected chi connectivity index (χ4v) is 1.47. The van der Waals surface area contributed by atoms with E-state index in [0.717, 1.165) is 11.4 Å². The van der Waals surface area contributed by atoms with Crippen LogP contribution >= 0.6 is 0 Å². The number of rotatable bonds is 1. The highest BCUT2D eigenvalue weighted by atomic mass is 16.3. The molecule has 1 N–H and O–H groups in total. The Hall–Kier alpha value is -1.83. The number of para-hydroxylation sites is 2. The van der Waals surface area contributed by atoms with Gasteiger partial charge in [-0.1, -0.05) is 18.2 Å². The topological polar surface area (TPSA) is 24.1 Å². The van der Waals surface area contributed by atoms with E-state index in [2.05, 4.69) is 0 Å². The Labute approximate surface area is 83.1 Å². The summed E-state index contributed by atoms with van der Waals surface area (Å²) in [7, 11) is 0. The molecule has 2 aromatic rings. The Balaban J connectivity index is 2.61. The SMILES string of the molecule is Cc1cccc[n+]1-c1ccccc1O. The lowest BCUT2D eigenvalue weighted by Gasteiger charge is -2.00. The molecule has 0 amide bonds. The molecule has 2 heteroatoms. The van der Waals surface area contributed by atoms with Crippen LogP contribution in [0, 0.1) is 6.92 Å². The highest BCUT2D eigenvalue weighted by Gasteiger charge is 2.12. The van der Waals surface area contributed by atoms with Gasteiger partial charge < -0.3 is 5.11 Å². The minimum atomic E-state index is 0.298. The van der Waals surface area contributed by atoms with E-state index in [1.165, 1.54) is 0 Å². The Morgan fingerprint density at radius 1 is 1.00 bits per heavy atom. The van der Waals surface area contributed by atoms with Gasteiger partial charge in [0.15, 0.2) is 17.6 Å². The number of aryl methyl sites for hydroxylation is 1. The van der Waals surface area contributed by atoms with Crippen LogP contribution in [0.3, 0.4) is 0 Å². The Kier molecular flexibility index (Phi) is 2.19. The molecular formula is C12H12NO+. The lowest BCUT2D eigenvalue weighted by Crippen LogP contribution is -2.33. The summed E-state index contributed by atoms with van der Waals surface area (Å²) in [5.41, 5.74) is 1.90. The van der Waals surface area contributed by atoms with E-state index in [1.54, 1.807) is 6.07 Å². The van der Waals surface area contributed by atoms with Gasteiger partial charge in [-0.2, -0.15) is 4.57 Å². The molecule has 0 aliphatic heterocycles. The standard InChI is InChI=1S/C12H11NO/c1-10-6-4-5-9-13(10)11-7-2-3-8-12(11)14/h2-9H,1H3/p+1. The number of nitrogens with zero attached hydrogens (tertiary/aromatic N) is 1. The molecule has 1 aromatic carbocycles. The fraction of sp³-hybridized carbons (Fsp3) is 0.0833. The highest BCUT2D eigenvalue weighted by molar-refractivity contribution is 5.38. The molecule has 0 unspecified atom stereocenters. The first-order valence-corrected chi connectivity index (χ1v) is 4.55. The largest absolute Gasteiger partial charge is 0.502 e. The van der Waals surface area contributed by atoms with E-state index in [9.17, 15) is 5.11 Å². The smallest absolute Gasteiger partial charge is 0.252 e. The van der Waals surface area contributed by atoms with Crippen molar-refractivity contribution in [2.24, 2.45) is 0 Å². The zero-order chi connectivity index (χ0) is 9.97. The minimum Gasteiger partial charge on any atom is -0.502 e. The maximum absolute atomic E-state index is 9.67. The van der Waals surface area contributed by atoms with Crippen LogP contribution in [-0.4, -0.2) is 5.11 Å². The van der Waals surface area contributed by atoms with Gasteiger partial charge in [0.05, 0.1) is 0 Å². The van der Waals surface area contributed by atoms with Crippen molar-refractivity contribution in [1.29, 1.82) is 0 Å². The lowest BCUT2D eigenvalue weighted by molar-refractivity contribution is -0.603. The molecule has 1 aromatic heterocycles. The molecule has 0 bridgehead atoms. The Bertz CT molecular complexity index is 408. The zero-order valence-electron chi connectivity index (χ0n) is 8.01. The Morgan fingerprint density at radius 3 is 2.43 bits per heavy atom. The summed E-state index contributed by atoms with van der Waals surface area (Å²) in [6.07, 6.45) is 1.93. The molecule has 0 saturated heterocycles. The highest BCUT2D eigenvalue weighted by Crippen LogP contribution is 2.15. The third kappa shape index (κ3) is 1.46. The molecule has 0 radical (unpaired) electrons. The third-order valence-electron chi connectivity index (χ3n) is 2.20. The van der Waals surface area contributed by atoms with Crippen LogP contribution in [0.2, 0.25) is 0 Å². The second-order valence-electron chi connectivity index (χ2n) is 3.20. The van der Waals surface area contributed by atoms with Crippen LogP contribution < -0.4 is 4.57 Å². The van der Waals surface area contributed by atoms with Gasteiger partial charge in [0.2, 0.25) is 0 Å². The van der Waals surface area contributed by atoms with Gasteiger partial charge in [-0.25, -0.2) is 0 Å². The third-order valence-corrected chi connectivity index (χ3v) is 2.20. The molecule has 0 fully saturated rings. The predicted octanol–water partition coefficient (Wildman–Crippen LogP) is 1.98. The number of phenolic OH excluding ortho intramolecular Hbond substituents is 1. The van der Waals surface area contributed by atoms with Crippen molar-refractivity contribution in [3.63, 3.8) is 0 Å². The summed E-state index contributed by atoms with van der Waals surface area (Å²) in [6.45, 7) is 2.01. The molecule has 2 rings (SSSR count). The average Bonchev–Trinajstić information content (AvgIpc) is 2.20. The number of pyridine rings is 1. The van der Waals surface area contributed by atoms with Crippen LogP contribution in [0.4, 0.5) is 0 Å².